The van der Waals surface area contributed by atoms with Crippen LogP contribution in [0.5, 0.6) is 0 Å². The minimum absolute atomic E-state index is 0.492. The van der Waals surface area contributed by atoms with Gasteiger partial charge in [0.25, 0.3) is 0 Å². The molecule has 2 unspecified atom stereocenters. The number of hydrogen-bond donors (Lipinski definition) is 0. The standard InChI is InChI=1S/C13H28/c1-7-8-11(2)9-10-12(3)13(4,5)6/h11-12H,7-10H2,1-6H3. The molecule has 13 heavy (non-hydrogen) atoms. The molecule has 0 aliphatic rings. The van der Waals surface area contributed by atoms with E-state index in [0.717, 1.165) is 11.8 Å². The average Bonchev–Trinajstić information content (AvgIpc) is 1.99. The normalized spacial score (nSPS) is 17.1. The predicted octanol–water partition coefficient (Wildman–Crippen LogP) is 4.89. The molecular weight excluding hydrogens is 156 g/mol. The van der Waals surface area contributed by atoms with Gasteiger partial charge in [-0.25, -0.2) is 0 Å². The zero-order valence-electron chi connectivity index (χ0n) is 10.5. The van der Waals surface area contributed by atoms with Gasteiger partial charge in [-0.1, -0.05) is 60.8 Å². The fraction of sp³-hybridized carbons (Fsp3) is 1.00. The Hall–Kier alpha value is 0. The molecule has 0 aromatic rings. The smallest absolute Gasteiger partial charge is 0.0357 e. The van der Waals surface area contributed by atoms with Gasteiger partial charge in [0.1, 0.15) is 0 Å². The van der Waals surface area contributed by atoms with Crippen LogP contribution in [0.3, 0.4) is 0 Å². The maximum Gasteiger partial charge on any atom is -0.0357 e. The van der Waals surface area contributed by atoms with E-state index in [-0.39, 0.29) is 0 Å². The van der Waals surface area contributed by atoms with Crippen LogP contribution in [0.4, 0.5) is 0 Å². The molecular formula is C13H28. The first-order chi connectivity index (χ1) is 5.88. The van der Waals surface area contributed by atoms with Gasteiger partial charge in [-0.3, -0.25) is 0 Å². The predicted molar refractivity (Wildman–Crippen MR) is 61.9 cm³/mol. The Bertz CT molecular complexity index is 118. The van der Waals surface area contributed by atoms with Gasteiger partial charge in [0.05, 0.1) is 0 Å². The first-order valence-electron chi connectivity index (χ1n) is 5.88. The Balaban J connectivity index is 3.63. The Labute approximate surface area is 85.1 Å². The molecule has 0 N–H and O–H groups in total. The molecule has 0 saturated heterocycles. The molecule has 0 aromatic heterocycles. The molecule has 0 heterocycles. The highest BCUT2D eigenvalue weighted by molar-refractivity contribution is 4.70. The van der Waals surface area contributed by atoms with E-state index in [1.165, 1.54) is 25.7 Å². The summed E-state index contributed by atoms with van der Waals surface area (Å²) in [6.45, 7) is 14.1. The molecule has 0 spiro atoms. The van der Waals surface area contributed by atoms with Crippen molar-refractivity contribution in [2.45, 2.75) is 67.2 Å². The maximum absolute atomic E-state index is 2.39. The van der Waals surface area contributed by atoms with Crippen LogP contribution >= 0.6 is 0 Å². The summed E-state index contributed by atoms with van der Waals surface area (Å²) in [7, 11) is 0. The Morgan fingerprint density at radius 2 is 1.46 bits per heavy atom. The third-order valence-corrected chi connectivity index (χ3v) is 3.35. The Morgan fingerprint density at radius 3 is 1.85 bits per heavy atom. The van der Waals surface area contributed by atoms with Crippen LogP contribution in [0.15, 0.2) is 0 Å². The highest BCUT2D eigenvalue weighted by Crippen LogP contribution is 2.30. The van der Waals surface area contributed by atoms with Crippen molar-refractivity contribution in [1.82, 2.24) is 0 Å². The van der Waals surface area contributed by atoms with E-state index in [1.54, 1.807) is 0 Å². The van der Waals surface area contributed by atoms with E-state index in [9.17, 15) is 0 Å². The third-order valence-electron chi connectivity index (χ3n) is 3.35. The van der Waals surface area contributed by atoms with Crippen molar-refractivity contribution in [1.29, 1.82) is 0 Å². The van der Waals surface area contributed by atoms with E-state index >= 15 is 0 Å². The molecule has 0 fully saturated rings. The Kier molecular flexibility index (Phi) is 5.67. The van der Waals surface area contributed by atoms with Crippen LogP contribution < -0.4 is 0 Å². The largest absolute Gasteiger partial charge is 0.0654 e. The monoisotopic (exact) mass is 184 g/mol. The topological polar surface area (TPSA) is 0 Å². The zero-order valence-corrected chi connectivity index (χ0v) is 10.5. The fourth-order valence-electron chi connectivity index (χ4n) is 1.60. The summed E-state index contributed by atoms with van der Waals surface area (Å²) >= 11 is 0. The molecule has 0 heteroatoms. The molecule has 0 radical (unpaired) electrons. The lowest BCUT2D eigenvalue weighted by molar-refractivity contribution is 0.230. The van der Waals surface area contributed by atoms with Gasteiger partial charge in [0.15, 0.2) is 0 Å². The minimum atomic E-state index is 0.492. The van der Waals surface area contributed by atoms with Crippen LogP contribution in [0.25, 0.3) is 0 Å². The SMILES string of the molecule is CCCC(C)CCC(C)C(C)(C)C. The zero-order chi connectivity index (χ0) is 10.5. The molecule has 80 valence electrons. The molecule has 0 aliphatic heterocycles. The van der Waals surface area contributed by atoms with Crippen molar-refractivity contribution in [3.63, 3.8) is 0 Å². The lowest BCUT2D eigenvalue weighted by Crippen LogP contribution is -2.17. The molecule has 0 nitrogen and oxygen atoms in total. The van der Waals surface area contributed by atoms with Crippen molar-refractivity contribution in [2.75, 3.05) is 0 Å². The van der Waals surface area contributed by atoms with Crippen LogP contribution in [-0.2, 0) is 0 Å². The van der Waals surface area contributed by atoms with Gasteiger partial charge in [-0.2, -0.15) is 0 Å². The molecule has 0 bridgehead atoms. The van der Waals surface area contributed by atoms with Gasteiger partial charge >= 0.3 is 0 Å². The van der Waals surface area contributed by atoms with Crippen LogP contribution in [-0.4, -0.2) is 0 Å². The maximum atomic E-state index is 2.39. The summed E-state index contributed by atoms with van der Waals surface area (Å²) < 4.78 is 0. The third kappa shape index (κ3) is 6.12. The van der Waals surface area contributed by atoms with Crippen molar-refractivity contribution in [3.8, 4) is 0 Å². The van der Waals surface area contributed by atoms with E-state index in [0.29, 0.717) is 5.41 Å². The van der Waals surface area contributed by atoms with E-state index in [1.807, 2.05) is 0 Å². The van der Waals surface area contributed by atoms with Crippen LogP contribution in [0.1, 0.15) is 67.2 Å². The fourth-order valence-corrected chi connectivity index (χ4v) is 1.60. The molecule has 0 rings (SSSR count). The average molecular weight is 184 g/mol. The Morgan fingerprint density at radius 1 is 0.923 bits per heavy atom. The van der Waals surface area contributed by atoms with E-state index < -0.39 is 0 Å². The van der Waals surface area contributed by atoms with Gasteiger partial charge in [-0.15, -0.1) is 0 Å². The van der Waals surface area contributed by atoms with Crippen molar-refractivity contribution >= 4 is 0 Å². The van der Waals surface area contributed by atoms with Crippen molar-refractivity contribution < 1.29 is 0 Å². The summed E-state index contributed by atoms with van der Waals surface area (Å²) in [5, 5.41) is 0. The summed E-state index contributed by atoms with van der Waals surface area (Å²) in [4.78, 5) is 0. The number of hydrogen-bond acceptors (Lipinski definition) is 0. The first-order valence-corrected chi connectivity index (χ1v) is 5.88. The molecule has 0 amide bonds. The van der Waals surface area contributed by atoms with Crippen LogP contribution in [0.2, 0.25) is 0 Å². The summed E-state index contributed by atoms with van der Waals surface area (Å²) in [5.74, 6) is 1.78. The summed E-state index contributed by atoms with van der Waals surface area (Å²) in [5.41, 5.74) is 0.492. The van der Waals surface area contributed by atoms with E-state index in [4.69, 9.17) is 0 Å². The van der Waals surface area contributed by atoms with Gasteiger partial charge in [0.2, 0.25) is 0 Å². The molecule has 0 aliphatic carbocycles. The second kappa shape index (κ2) is 5.67. The highest BCUT2D eigenvalue weighted by Gasteiger charge is 2.19. The second-order valence-corrected chi connectivity index (χ2v) is 5.74. The second-order valence-electron chi connectivity index (χ2n) is 5.74. The summed E-state index contributed by atoms with van der Waals surface area (Å²) in [6.07, 6.45) is 5.54. The lowest BCUT2D eigenvalue weighted by Gasteiger charge is -2.28. The van der Waals surface area contributed by atoms with Gasteiger partial charge in [0, 0.05) is 0 Å². The quantitative estimate of drug-likeness (QED) is 0.571. The van der Waals surface area contributed by atoms with Crippen molar-refractivity contribution in [3.05, 3.63) is 0 Å². The van der Waals surface area contributed by atoms with Crippen LogP contribution in [0, 0.1) is 17.3 Å². The summed E-state index contributed by atoms with van der Waals surface area (Å²) in [6, 6.07) is 0. The van der Waals surface area contributed by atoms with Gasteiger partial charge in [-0.05, 0) is 23.7 Å². The minimum Gasteiger partial charge on any atom is -0.0654 e. The molecule has 2 atom stereocenters. The van der Waals surface area contributed by atoms with E-state index in [2.05, 4.69) is 41.5 Å². The van der Waals surface area contributed by atoms with Gasteiger partial charge < -0.3 is 0 Å². The molecule has 0 saturated carbocycles. The first kappa shape index (κ1) is 13.0. The number of rotatable bonds is 5. The van der Waals surface area contributed by atoms with Crippen molar-refractivity contribution in [2.24, 2.45) is 17.3 Å². The lowest BCUT2D eigenvalue weighted by atomic mass is 9.78. The molecule has 0 aromatic carbocycles. The highest BCUT2D eigenvalue weighted by atomic mass is 14.3.